The van der Waals surface area contributed by atoms with E-state index in [0.717, 1.165) is 25.9 Å². The summed E-state index contributed by atoms with van der Waals surface area (Å²) < 4.78 is 13.9. The number of aromatic hydroxyl groups is 1. The van der Waals surface area contributed by atoms with E-state index in [4.69, 9.17) is 0 Å². The van der Waals surface area contributed by atoms with Gasteiger partial charge < -0.3 is 10.4 Å². The number of phenolic OH excluding ortho intramolecular Hbond substituents is 1. The van der Waals surface area contributed by atoms with Crippen LogP contribution in [-0.4, -0.2) is 18.2 Å². The van der Waals surface area contributed by atoms with Gasteiger partial charge >= 0.3 is 0 Å². The number of piperidine rings is 1. The van der Waals surface area contributed by atoms with Crippen LogP contribution in [0.3, 0.4) is 0 Å². The van der Waals surface area contributed by atoms with Crippen LogP contribution in [0.15, 0.2) is 12.1 Å². The lowest BCUT2D eigenvalue weighted by molar-refractivity contribution is 0.408. The lowest BCUT2D eigenvalue weighted by Crippen LogP contribution is -2.27. The summed E-state index contributed by atoms with van der Waals surface area (Å²) in [6.45, 7) is 3.54. The number of nitrogens with one attached hydrogen (secondary N) is 1. The number of rotatable bonds is 1. The van der Waals surface area contributed by atoms with Gasteiger partial charge in [-0.3, -0.25) is 0 Å². The van der Waals surface area contributed by atoms with E-state index in [1.807, 2.05) is 0 Å². The molecular weight excluding hydrogens is 193 g/mol. The van der Waals surface area contributed by atoms with Crippen molar-refractivity contribution >= 4 is 0 Å². The summed E-state index contributed by atoms with van der Waals surface area (Å²) in [5, 5.41) is 12.9. The first-order valence-electron chi connectivity index (χ1n) is 5.39. The average molecular weight is 209 g/mol. The highest BCUT2D eigenvalue weighted by Gasteiger charge is 2.22. The first-order valence-corrected chi connectivity index (χ1v) is 5.39. The van der Waals surface area contributed by atoms with Gasteiger partial charge in [0.1, 0.15) is 11.6 Å². The standard InChI is InChI=1S/C12H16FNO/c1-8-2-3-10(15)11(12(8)13)9-4-6-14-7-5-9/h2-3,9,14-15H,4-7H2,1H3. The van der Waals surface area contributed by atoms with Crippen molar-refractivity contribution in [2.75, 3.05) is 13.1 Å². The molecule has 15 heavy (non-hydrogen) atoms. The molecule has 0 atom stereocenters. The number of aryl methyl sites for hydroxylation is 1. The van der Waals surface area contributed by atoms with Crippen LogP contribution in [0.2, 0.25) is 0 Å². The molecule has 0 spiro atoms. The van der Waals surface area contributed by atoms with Gasteiger partial charge in [0.15, 0.2) is 0 Å². The van der Waals surface area contributed by atoms with Crippen molar-refractivity contribution in [2.45, 2.75) is 25.7 Å². The maximum Gasteiger partial charge on any atom is 0.133 e. The number of benzene rings is 1. The van der Waals surface area contributed by atoms with Gasteiger partial charge in [0.2, 0.25) is 0 Å². The molecule has 1 aliphatic heterocycles. The van der Waals surface area contributed by atoms with Crippen molar-refractivity contribution in [3.05, 3.63) is 29.1 Å². The maximum absolute atomic E-state index is 13.9. The Labute approximate surface area is 89.1 Å². The molecular formula is C12H16FNO. The predicted molar refractivity (Wildman–Crippen MR) is 57.6 cm³/mol. The highest BCUT2D eigenvalue weighted by molar-refractivity contribution is 5.40. The van der Waals surface area contributed by atoms with Crippen molar-refractivity contribution in [1.82, 2.24) is 5.32 Å². The van der Waals surface area contributed by atoms with Gasteiger partial charge in [-0.25, -0.2) is 4.39 Å². The van der Waals surface area contributed by atoms with Crippen LogP contribution in [0, 0.1) is 12.7 Å². The number of hydrogen-bond acceptors (Lipinski definition) is 2. The highest BCUT2D eigenvalue weighted by Crippen LogP contribution is 2.35. The fourth-order valence-corrected chi connectivity index (χ4v) is 2.19. The lowest BCUT2D eigenvalue weighted by Gasteiger charge is -2.24. The van der Waals surface area contributed by atoms with Gasteiger partial charge in [0.05, 0.1) is 0 Å². The third kappa shape index (κ3) is 1.97. The average Bonchev–Trinajstić information content (AvgIpc) is 2.26. The molecule has 0 saturated carbocycles. The van der Waals surface area contributed by atoms with Crippen LogP contribution in [0.25, 0.3) is 0 Å². The van der Waals surface area contributed by atoms with Crippen LogP contribution in [0.1, 0.15) is 29.9 Å². The lowest BCUT2D eigenvalue weighted by atomic mass is 9.88. The van der Waals surface area contributed by atoms with Crippen molar-refractivity contribution in [3.8, 4) is 5.75 Å². The summed E-state index contributed by atoms with van der Waals surface area (Å²) >= 11 is 0. The minimum atomic E-state index is -0.234. The van der Waals surface area contributed by atoms with E-state index < -0.39 is 0 Å². The predicted octanol–water partition coefficient (Wildman–Crippen LogP) is 2.31. The molecule has 82 valence electrons. The third-order valence-electron chi connectivity index (χ3n) is 3.10. The van der Waals surface area contributed by atoms with Crippen molar-refractivity contribution < 1.29 is 9.50 Å². The Morgan fingerprint density at radius 2 is 2.00 bits per heavy atom. The van der Waals surface area contributed by atoms with Gasteiger partial charge in [0, 0.05) is 5.56 Å². The number of halogens is 1. The second-order valence-electron chi connectivity index (χ2n) is 4.15. The van der Waals surface area contributed by atoms with E-state index >= 15 is 0 Å². The van der Waals surface area contributed by atoms with Gasteiger partial charge in [-0.05, 0) is 50.4 Å². The van der Waals surface area contributed by atoms with E-state index in [0.29, 0.717) is 11.1 Å². The molecule has 2 rings (SSSR count). The van der Waals surface area contributed by atoms with Crippen molar-refractivity contribution in [1.29, 1.82) is 0 Å². The van der Waals surface area contributed by atoms with E-state index in [2.05, 4.69) is 5.32 Å². The topological polar surface area (TPSA) is 32.3 Å². The van der Waals surface area contributed by atoms with Crippen LogP contribution in [0.5, 0.6) is 5.75 Å². The zero-order valence-electron chi connectivity index (χ0n) is 8.89. The molecule has 1 aliphatic rings. The first kappa shape index (κ1) is 10.4. The fourth-order valence-electron chi connectivity index (χ4n) is 2.19. The molecule has 1 aromatic carbocycles. The normalized spacial score (nSPS) is 18.0. The molecule has 2 nitrogen and oxygen atoms in total. The molecule has 1 heterocycles. The van der Waals surface area contributed by atoms with Crippen molar-refractivity contribution in [2.24, 2.45) is 0 Å². The second kappa shape index (κ2) is 4.19. The summed E-state index contributed by atoms with van der Waals surface area (Å²) in [5.74, 6) is 0.0260. The molecule has 1 aromatic rings. The second-order valence-corrected chi connectivity index (χ2v) is 4.15. The van der Waals surface area contributed by atoms with Crippen molar-refractivity contribution in [3.63, 3.8) is 0 Å². The summed E-state index contributed by atoms with van der Waals surface area (Å²) in [7, 11) is 0. The molecule has 0 amide bonds. The Morgan fingerprint density at radius 1 is 1.33 bits per heavy atom. The van der Waals surface area contributed by atoms with E-state index in [-0.39, 0.29) is 17.5 Å². The van der Waals surface area contributed by atoms with E-state index in [1.165, 1.54) is 0 Å². The quantitative estimate of drug-likeness (QED) is 0.744. The summed E-state index contributed by atoms with van der Waals surface area (Å²) in [6, 6.07) is 3.21. The zero-order chi connectivity index (χ0) is 10.8. The fraction of sp³-hybridized carbons (Fsp3) is 0.500. The Morgan fingerprint density at radius 3 is 2.67 bits per heavy atom. The molecule has 0 radical (unpaired) electrons. The summed E-state index contributed by atoms with van der Waals surface area (Å²) in [4.78, 5) is 0. The minimum absolute atomic E-state index is 0.102. The van der Waals surface area contributed by atoms with Crippen LogP contribution in [0.4, 0.5) is 4.39 Å². The van der Waals surface area contributed by atoms with Gasteiger partial charge in [-0.15, -0.1) is 0 Å². The van der Waals surface area contributed by atoms with Crippen LogP contribution < -0.4 is 5.32 Å². The molecule has 2 N–H and O–H groups in total. The molecule has 0 aliphatic carbocycles. The molecule has 0 aromatic heterocycles. The van der Waals surface area contributed by atoms with Gasteiger partial charge in [-0.2, -0.15) is 0 Å². The first-order chi connectivity index (χ1) is 7.20. The Hall–Kier alpha value is -1.09. The largest absolute Gasteiger partial charge is 0.508 e. The molecule has 3 heteroatoms. The number of hydrogen-bond donors (Lipinski definition) is 2. The van der Waals surface area contributed by atoms with E-state index in [9.17, 15) is 9.50 Å². The minimum Gasteiger partial charge on any atom is -0.508 e. The molecule has 0 bridgehead atoms. The van der Waals surface area contributed by atoms with Gasteiger partial charge in [-0.1, -0.05) is 6.07 Å². The van der Waals surface area contributed by atoms with Crippen LogP contribution >= 0.6 is 0 Å². The smallest absolute Gasteiger partial charge is 0.133 e. The molecule has 1 fully saturated rings. The zero-order valence-corrected chi connectivity index (χ0v) is 8.89. The Balaban J connectivity index is 2.36. The monoisotopic (exact) mass is 209 g/mol. The highest BCUT2D eigenvalue weighted by atomic mass is 19.1. The van der Waals surface area contributed by atoms with E-state index in [1.54, 1.807) is 19.1 Å². The third-order valence-corrected chi connectivity index (χ3v) is 3.10. The summed E-state index contributed by atoms with van der Waals surface area (Å²) in [6.07, 6.45) is 1.79. The SMILES string of the molecule is Cc1ccc(O)c(C2CCNCC2)c1F. The maximum atomic E-state index is 13.9. The number of phenols is 1. The Bertz CT molecular complexity index is 359. The van der Waals surface area contributed by atoms with Crippen LogP contribution in [-0.2, 0) is 0 Å². The van der Waals surface area contributed by atoms with Gasteiger partial charge in [0.25, 0.3) is 0 Å². The molecule has 0 unspecified atom stereocenters. The summed E-state index contributed by atoms with van der Waals surface area (Å²) in [5.41, 5.74) is 1.12. The molecule has 1 saturated heterocycles. The Kier molecular flexibility index (Phi) is 2.91.